The summed E-state index contributed by atoms with van der Waals surface area (Å²) in [6.07, 6.45) is 1.10. The van der Waals surface area contributed by atoms with E-state index in [0.29, 0.717) is 42.5 Å². The zero-order chi connectivity index (χ0) is 15.2. The molecule has 0 radical (unpaired) electrons. The maximum atomic E-state index is 13.3. The normalized spacial score (nSPS) is 18.2. The van der Waals surface area contributed by atoms with E-state index in [-0.39, 0.29) is 17.5 Å². The number of benzene rings is 1. The van der Waals surface area contributed by atoms with Gasteiger partial charge in [0.2, 0.25) is 0 Å². The number of piperidine rings is 1. The first-order valence-electron chi connectivity index (χ1n) is 7.08. The molecule has 1 aliphatic heterocycles. The summed E-state index contributed by atoms with van der Waals surface area (Å²) in [5.74, 6) is -0.281. The Bertz CT molecular complexity index is 695. The summed E-state index contributed by atoms with van der Waals surface area (Å²) >= 11 is 0. The van der Waals surface area contributed by atoms with Gasteiger partial charge in [0.15, 0.2) is 5.76 Å². The average Bonchev–Trinajstić information content (AvgIpc) is 2.75. The van der Waals surface area contributed by atoms with Crippen molar-refractivity contribution >= 4 is 16.9 Å². The van der Waals surface area contributed by atoms with Gasteiger partial charge in [0.25, 0.3) is 5.91 Å². The number of carbonyl (C=O) groups excluding carboxylic acids is 1. The third-order valence-electron chi connectivity index (χ3n) is 4.22. The Hall–Kier alpha value is -1.88. The predicted octanol–water partition coefficient (Wildman–Crippen LogP) is 2.87. The largest absolute Gasteiger partial charge is 0.451 e. The molecular formula is C16H18FNO3. The summed E-state index contributed by atoms with van der Waals surface area (Å²) in [4.78, 5) is 14.2. The van der Waals surface area contributed by atoms with Crippen LogP contribution in [0, 0.1) is 12.7 Å². The van der Waals surface area contributed by atoms with Crippen LogP contribution in [0.4, 0.5) is 4.39 Å². The third-order valence-corrected chi connectivity index (χ3v) is 4.22. The SMILES string of the molecule is Cc1c(C(=O)N2CCC(C)(O)CC2)oc2ccc(F)cc12. The van der Waals surface area contributed by atoms with Crippen LogP contribution in [0.25, 0.3) is 11.0 Å². The molecule has 0 atom stereocenters. The molecular weight excluding hydrogens is 273 g/mol. The van der Waals surface area contributed by atoms with E-state index in [2.05, 4.69) is 0 Å². The number of likely N-dealkylation sites (tertiary alicyclic amines) is 1. The first-order valence-corrected chi connectivity index (χ1v) is 7.08. The van der Waals surface area contributed by atoms with E-state index in [1.54, 1.807) is 18.7 Å². The fourth-order valence-electron chi connectivity index (χ4n) is 2.73. The number of hydrogen-bond donors (Lipinski definition) is 1. The Balaban J connectivity index is 1.90. The second-order valence-electron chi connectivity index (χ2n) is 5.99. The lowest BCUT2D eigenvalue weighted by Crippen LogP contribution is -2.45. The van der Waals surface area contributed by atoms with Gasteiger partial charge < -0.3 is 14.4 Å². The molecule has 2 heterocycles. The van der Waals surface area contributed by atoms with Gasteiger partial charge in [-0.05, 0) is 44.9 Å². The van der Waals surface area contributed by atoms with E-state index in [0.717, 1.165) is 0 Å². The van der Waals surface area contributed by atoms with Crippen LogP contribution in [0.1, 0.15) is 35.9 Å². The molecule has 1 aliphatic rings. The molecule has 0 aliphatic carbocycles. The molecule has 0 spiro atoms. The third kappa shape index (κ3) is 2.53. The number of carbonyl (C=O) groups is 1. The van der Waals surface area contributed by atoms with Gasteiger partial charge in [0.05, 0.1) is 5.60 Å². The van der Waals surface area contributed by atoms with Crippen LogP contribution >= 0.6 is 0 Å². The van der Waals surface area contributed by atoms with Crippen molar-refractivity contribution in [3.05, 3.63) is 35.3 Å². The van der Waals surface area contributed by atoms with Gasteiger partial charge in [0, 0.05) is 24.0 Å². The highest BCUT2D eigenvalue weighted by Crippen LogP contribution is 2.29. The molecule has 4 nitrogen and oxygen atoms in total. The number of halogens is 1. The fraction of sp³-hybridized carbons (Fsp3) is 0.438. The first kappa shape index (κ1) is 14.1. The fourth-order valence-corrected chi connectivity index (χ4v) is 2.73. The summed E-state index contributed by atoms with van der Waals surface area (Å²) in [5, 5.41) is 10.6. The van der Waals surface area contributed by atoms with Crippen molar-refractivity contribution in [1.82, 2.24) is 4.90 Å². The highest BCUT2D eigenvalue weighted by molar-refractivity contribution is 5.99. The number of fused-ring (bicyclic) bond motifs is 1. The maximum Gasteiger partial charge on any atom is 0.289 e. The smallest absolute Gasteiger partial charge is 0.289 e. The van der Waals surface area contributed by atoms with Crippen molar-refractivity contribution in [2.75, 3.05) is 13.1 Å². The van der Waals surface area contributed by atoms with Crippen LogP contribution in [0.3, 0.4) is 0 Å². The van der Waals surface area contributed by atoms with Gasteiger partial charge >= 0.3 is 0 Å². The van der Waals surface area contributed by atoms with E-state index in [4.69, 9.17) is 4.42 Å². The standard InChI is InChI=1S/C16H18FNO3/c1-10-12-9-11(17)3-4-13(12)21-14(10)15(19)18-7-5-16(2,20)6-8-18/h3-4,9,20H,5-8H2,1-2H3. The number of rotatable bonds is 1. The van der Waals surface area contributed by atoms with Crippen molar-refractivity contribution < 1.29 is 18.7 Å². The van der Waals surface area contributed by atoms with Crippen LogP contribution in [0.5, 0.6) is 0 Å². The van der Waals surface area contributed by atoms with Crippen LogP contribution in [-0.2, 0) is 0 Å². The molecule has 1 aromatic carbocycles. The molecule has 1 saturated heterocycles. The second kappa shape index (κ2) is 4.84. The molecule has 1 fully saturated rings. The molecule has 5 heteroatoms. The summed E-state index contributed by atoms with van der Waals surface area (Å²) < 4.78 is 18.9. The summed E-state index contributed by atoms with van der Waals surface area (Å²) in [6, 6.07) is 4.24. The number of nitrogens with zero attached hydrogens (tertiary/aromatic N) is 1. The minimum atomic E-state index is -0.706. The minimum absolute atomic E-state index is 0.195. The van der Waals surface area contributed by atoms with E-state index >= 15 is 0 Å². The van der Waals surface area contributed by atoms with E-state index in [1.165, 1.54) is 18.2 Å². The van der Waals surface area contributed by atoms with Crippen molar-refractivity contribution in [3.63, 3.8) is 0 Å². The number of aliphatic hydroxyl groups is 1. The molecule has 0 bridgehead atoms. The van der Waals surface area contributed by atoms with Gasteiger partial charge in [0.1, 0.15) is 11.4 Å². The van der Waals surface area contributed by atoms with E-state index in [1.807, 2.05) is 0 Å². The highest BCUT2D eigenvalue weighted by atomic mass is 19.1. The van der Waals surface area contributed by atoms with E-state index < -0.39 is 5.60 Å². The monoisotopic (exact) mass is 291 g/mol. The number of hydrogen-bond acceptors (Lipinski definition) is 3. The lowest BCUT2D eigenvalue weighted by atomic mass is 9.93. The van der Waals surface area contributed by atoms with E-state index in [9.17, 15) is 14.3 Å². The number of furan rings is 1. The molecule has 0 unspecified atom stereocenters. The first-order chi connectivity index (χ1) is 9.87. The molecule has 2 aromatic rings. The average molecular weight is 291 g/mol. The topological polar surface area (TPSA) is 53.7 Å². The zero-order valence-electron chi connectivity index (χ0n) is 12.1. The Labute approximate surface area is 122 Å². The molecule has 0 saturated carbocycles. The van der Waals surface area contributed by atoms with Gasteiger partial charge in [-0.2, -0.15) is 0 Å². The lowest BCUT2D eigenvalue weighted by molar-refractivity contribution is -0.00285. The Morgan fingerprint density at radius 1 is 1.38 bits per heavy atom. The van der Waals surface area contributed by atoms with Crippen LogP contribution in [0.2, 0.25) is 0 Å². The highest BCUT2D eigenvalue weighted by Gasteiger charge is 2.32. The molecule has 21 heavy (non-hydrogen) atoms. The van der Waals surface area contributed by atoms with Crippen molar-refractivity contribution in [3.8, 4) is 0 Å². The molecule has 1 aromatic heterocycles. The number of amides is 1. The van der Waals surface area contributed by atoms with Crippen LogP contribution in [0.15, 0.2) is 22.6 Å². The summed E-state index contributed by atoms with van der Waals surface area (Å²) in [5.41, 5.74) is 0.469. The van der Waals surface area contributed by atoms with Crippen LogP contribution < -0.4 is 0 Å². The van der Waals surface area contributed by atoms with Crippen LogP contribution in [-0.4, -0.2) is 34.6 Å². The molecule has 112 valence electrons. The Morgan fingerprint density at radius 3 is 2.71 bits per heavy atom. The molecule has 3 rings (SSSR count). The lowest BCUT2D eigenvalue weighted by Gasteiger charge is -2.35. The van der Waals surface area contributed by atoms with Gasteiger partial charge in [-0.25, -0.2) is 4.39 Å². The summed E-state index contributed by atoms with van der Waals surface area (Å²) in [6.45, 7) is 4.54. The zero-order valence-corrected chi connectivity index (χ0v) is 12.1. The quantitative estimate of drug-likeness (QED) is 0.879. The minimum Gasteiger partial charge on any atom is -0.451 e. The predicted molar refractivity (Wildman–Crippen MR) is 76.7 cm³/mol. The molecule has 1 amide bonds. The number of aryl methyl sites for hydroxylation is 1. The van der Waals surface area contributed by atoms with Crippen molar-refractivity contribution in [1.29, 1.82) is 0 Å². The van der Waals surface area contributed by atoms with Gasteiger partial charge in [-0.1, -0.05) is 0 Å². The Kier molecular flexibility index (Phi) is 3.24. The van der Waals surface area contributed by atoms with Crippen molar-refractivity contribution in [2.45, 2.75) is 32.3 Å². The van der Waals surface area contributed by atoms with Crippen molar-refractivity contribution in [2.24, 2.45) is 0 Å². The maximum absolute atomic E-state index is 13.3. The summed E-state index contributed by atoms with van der Waals surface area (Å²) in [7, 11) is 0. The Morgan fingerprint density at radius 2 is 2.05 bits per heavy atom. The van der Waals surface area contributed by atoms with Gasteiger partial charge in [-0.3, -0.25) is 4.79 Å². The van der Waals surface area contributed by atoms with Gasteiger partial charge in [-0.15, -0.1) is 0 Å². The molecule has 1 N–H and O–H groups in total. The second-order valence-corrected chi connectivity index (χ2v) is 5.99.